The van der Waals surface area contributed by atoms with Gasteiger partial charge in [-0.15, -0.1) is 0 Å². The number of nitrogens with zero attached hydrogens (tertiary/aromatic N) is 4. The molecule has 0 radical (unpaired) electrons. The Kier molecular flexibility index (Phi) is 11.1. The van der Waals surface area contributed by atoms with Gasteiger partial charge >= 0.3 is 0 Å². The lowest BCUT2D eigenvalue weighted by Crippen LogP contribution is -2.30. The summed E-state index contributed by atoms with van der Waals surface area (Å²) in [6.45, 7) is 10.0. The largest absolute Gasteiger partial charge is 0.494 e. The van der Waals surface area contributed by atoms with Gasteiger partial charge in [0.25, 0.3) is 0 Å². The average molecular weight is 411 g/mol. The summed E-state index contributed by atoms with van der Waals surface area (Å²) in [5.74, 6) is 0.812. The molecule has 0 saturated carbocycles. The summed E-state index contributed by atoms with van der Waals surface area (Å²) >= 11 is 0. The van der Waals surface area contributed by atoms with Crippen molar-refractivity contribution in [2.45, 2.75) is 25.7 Å². The van der Waals surface area contributed by atoms with Gasteiger partial charge in [0.2, 0.25) is 0 Å². The Morgan fingerprint density at radius 2 is 1.33 bits per heavy atom. The van der Waals surface area contributed by atoms with E-state index in [4.69, 9.17) is 21.5 Å². The summed E-state index contributed by atoms with van der Waals surface area (Å²) in [4.78, 5) is 5.43. The molecule has 0 bridgehead atoms. The van der Waals surface area contributed by atoms with Gasteiger partial charge in [0.1, 0.15) is 5.75 Å². The minimum Gasteiger partial charge on any atom is -0.494 e. The van der Waals surface area contributed by atoms with E-state index in [1.54, 1.807) is 24.3 Å². The molecule has 0 aromatic heterocycles. The highest BCUT2D eigenvalue weighted by molar-refractivity contribution is 5.51. The molecule has 0 heterocycles. The summed E-state index contributed by atoms with van der Waals surface area (Å²) in [6.07, 6.45) is 4.24. The Morgan fingerprint density at radius 3 is 1.90 bits per heavy atom. The van der Waals surface area contributed by atoms with Crippen LogP contribution in [0.25, 0.3) is 4.85 Å². The van der Waals surface area contributed by atoms with Crippen LogP contribution in [0.5, 0.6) is 5.75 Å². The van der Waals surface area contributed by atoms with Crippen molar-refractivity contribution in [2.75, 3.05) is 39.5 Å². The predicted octanol–water partition coefficient (Wildman–Crippen LogP) is 4.88. The highest BCUT2D eigenvalue weighted by Crippen LogP contribution is 2.23. The molecule has 30 heavy (non-hydrogen) atoms. The number of azo groups is 1. The van der Waals surface area contributed by atoms with Gasteiger partial charge in [-0.25, -0.2) is 4.85 Å². The maximum Gasteiger partial charge on any atom is 0.187 e. The van der Waals surface area contributed by atoms with Crippen molar-refractivity contribution in [2.24, 2.45) is 10.2 Å². The van der Waals surface area contributed by atoms with Crippen molar-refractivity contribution in [3.8, 4) is 5.75 Å². The number of benzene rings is 2. The van der Waals surface area contributed by atoms with Gasteiger partial charge in [0.05, 0.1) is 37.8 Å². The summed E-state index contributed by atoms with van der Waals surface area (Å²) in [5, 5.41) is 26.4. The van der Waals surface area contributed by atoms with Crippen molar-refractivity contribution in [3.63, 3.8) is 0 Å². The van der Waals surface area contributed by atoms with Crippen LogP contribution >= 0.6 is 0 Å². The molecule has 7 nitrogen and oxygen atoms in total. The van der Waals surface area contributed by atoms with Crippen molar-refractivity contribution >= 4 is 17.1 Å². The first kappa shape index (κ1) is 23.5. The molecule has 0 aliphatic rings. The molecular weight excluding hydrogens is 380 g/mol. The highest BCUT2D eigenvalue weighted by atomic mass is 16.5. The first-order valence-corrected chi connectivity index (χ1v) is 10.3. The second-order valence-corrected chi connectivity index (χ2v) is 6.87. The van der Waals surface area contributed by atoms with E-state index in [0.717, 1.165) is 43.7 Å². The van der Waals surface area contributed by atoms with Crippen molar-refractivity contribution < 1.29 is 14.9 Å². The topological polar surface area (TPSA) is 82.0 Å². The molecule has 0 unspecified atom stereocenters. The third-order valence-corrected chi connectivity index (χ3v) is 4.57. The summed E-state index contributed by atoms with van der Waals surface area (Å²) < 4.78 is 5.78. The minimum atomic E-state index is 0.129. The van der Waals surface area contributed by atoms with Crippen LogP contribution in [0.3, 0.4) is 0 Å². The van der Waals surface area contributed by atoms with Crippen LogP contribution in [0.2, 0.25) is 0 Å². The quantitative estimate of drug-likeness (QED) is 0.264. The fourth-order valence-electron chi connectivity index (χ4n) is 2.92. The molecule has 0 fully saturated rings. The molecule has 2 aromatic rings. The molecule has 0 saturated heterocycles. The lowest BCUT2D eigenvalue weighted by molar-refractivity contribution is 0.159. The normalized spacial score (nSPS) is 11.1. The Hall–Kier alpha value is -2.79. The standard InChI is InChI=1S/C23H30N4O3/c1-24-20-6-8-21(9-7-20)25-26-22-10-12-23(13-11-22)30-19-5-3-2-4-14-27(15-17-28)16-18-29/h6-13,28-29H,2-5,14-19H2. The number of aliphatic hydroxyl groups is 2. The van der Waals surface area contributed by atoms with Gasteiger partial charge in [-0.3, -0.25) is 4.90 Å². The maximum absolute atomic E-state index is 9.00. The zero-order chi connectivity index (χ0) is 21.4. The average Bonchev–Trinajstić information content (AvgIpc) is 2.78. The van der Waals surface area contributed by atoms with Gasteiger partial charge in [-0.1, -0.05) is 25.0 Å². The summed E-state index contributed by atoms with van der Waals surface area (Å²) in [7, 11) is 0. The van der Waals surface area contributed by atoms with Gasteiger partial charge in [-0.05, 0) is 55.8 Å². The molecular formula is C23H30N4O3. The monoisotopic (exact) mass is 410 g/mol. The van der Waals surface area contributed by atoms with Gasteiger partial charge < -0.3 is 14.9 Å². The molecule has 0 amide bonds. The SMILES string of the molecule is [C-]#[N+]c1ccc(N=Nc2ccc(OCCCCCCN(CCO)CCO)cc2)cc1. The third kappa shape index (κ3) is 9.14. The Labute approximate surface area is 178 Å². The molecule has 0 aliphatic carbocycles. The van der Waals surface area contributed by atoms with Gasteiger partial charge in [0, 0.05) is 13.1 Å². The Bertz CT molecular complexity index is 780. The molecule has 160 valence electrons. The fraction of sp³-hybridized carbons (Fsp3) is 0.435. The van der Waals surface area contributed by atoms with Crippen LogP contribution in [-0.2, 0) is 0 Å². The summed E-state index contributed by atoms with van der Waals surface area (Å²) in [6, 6.07) is 14.5. The second-order valence-electron chi connectivity index (χ2n) is 6.87. The molecule has 0 spiro atoms. The smallest absolute Gasteiger partial charge is 0.187 e. The van der Waals surface area contributed by atoms with Crippen LogP contribution in [0, 0.1) is 6.57 Å². The maximum atomic E-state index is 9.00. The Morgan fingerprint density at radius 1 is 0.767 bits per heavy atom. The summed E-state index contributed by atoms with van der Waals surface area (Å²) in [5.41, 5.74) is 2.03. The van der Waals surface area contributed by atoms with Crippen molar-refractivity contribution in [1.82, 2.24) is 4.90 Å². The number of rotatable bonds is 14. The van der Waals surface area contributed by atoms with E-state index in [9.17, 15) is 0 Å². The molecule has 2 aromatic carbocycles. The number of hydrogen-bond acceptors (Lipinski definition) is 6. The fourth-order valence-corrected chi connectivity index (χ4v) is 2.92. The molecule has 7 heteroatoms. The van der Waals surface area contributed by atoms with Crippen LogP contribution in [0.1, 0.15) is 25.7 Å². The number of unbranched alkanes of at least 4 members (excludes halogenated alkanes) is 3. The zero-order valence-electron chi connectivity index (χ0n) is 17.3. The first-order chi connectivity index (χ1) is 14.7. The van der Waals surface area contributed by atoms with E-state index in [2.05, 4.69) is 20.0 Å². The molecule has 0 aliphatic heterocycles. The molecule has 2 rings (SSSR count). The van der Waals surface area contributed by atoms with Gasteiger partial charge in [0.15, 0.2) is 5.69 Å². The van der Waals surface area contributed by atoms with E-state index in [1.165, 1.54) is 0 Å². The molecule has 2 N–H and O–H groups in total. The van der Waals surface area contributed by atoms with Crippen molar-refractivity contribution in [1.29, 1.82) is 0 Å². The first-order valence-electron chi connectivity index (χ1n) is 10.3. The zero-order valence-corrected chi connectivity index (χ0v) is 17.3. The van der Waals surface area contributed by atoms with E-state index in [0.29, 0.717) is 31.1 Å². The lowest BCUT2D eigenvalue weighted by atomic mass is 10.2. The van der Waals surface area contributed by atoms with Gasteiger partial charge in [-0.2, -0.15) is 10.2 Å². The number of ether oxygens (including phenoxy) is 1. The van der Waals surface area contributed by atoms with E-state index >= 15 is 0 Å². The number of aliphatic hydroxyl groups excluding tert-OH is 2. The number of hydrogen-bond donors (Lipinski definition) is 2. The third-order valence-electron chi connectivity index (χ3n) is 4.57. The predicted molar refractivity (Wildman–Crippen MR) is 118 cm³/mol. The second kappa shape index (κ2) is 14.2. The van der Waals surface area contributed by atoms with Crippen LogP contribution in [0.4, 0.5) is 17.1 Å². The highest BCUT2D eigenvalue weighted by Gasteiger charge is 2.03. The Balaban J connectivity index is 1.62. The van der Waals surface area contributed by atoms with E-state index in [-0.39, 0.29) is 13.2 Å². The van der Waals surface area contributed by atoms with E-state index in [1.807, 2.05) is 24.3 Å². The van der Waals surface area contributed by atoms with E-state index < -0.39 is 0 Å². The van der Waals surface area contributed by atoms with Crippen LogP contribution in [0.15, 0.2) is 58.8 Å². The molecule has 0 atom stereocenters. The van der Waals surface area contributed by atoms with Crippen molar-refractivity contribution in [3.05, 3.63) is 59.9 Å². The lowest BCUT2D eigenvalue weighted by Gasteiger charge is -2.19. The minimum absolute atomic E-state index is 0.129. The van der Waals surface area contributed by atoms with Crippen LogP contribution < -0.4 is 4.74 Å². The van der Waals surface area contributed by atoms with Crippen LogP contribution in [-0.4, -0.2) is 54.6 Å².